The van der Waals surface area contributed by atoms with Crippen LogP contribution >= 0.6 is 12.4 Å². The Labute approximate surface area is 190 Å². The molecule has 32 heavy (non-hydrogen) atoms. The molecular weight excluding hydrogens is 449 g/mol. The number of hydrogen-bond acceptors (Lipinski definition) is 4. The van der Waals surface area contributed by atoms with Crippen molar-refractivity contribution in [3.8, 4) is 6.07 Å². The highest BCUT2D eigenvalue weighted by molar-refractivity contribution is 6.09. The van der Waals surface area contributed by atoms with Gasteiger partial charge < -0.3 is 15.5 Å². The lowest BCUT2D eigenvalue weighted by Gasteiger charge is -2.27. The van der Waals surface area contributed by atoms with Gasteiger partial charge in [0.25, 0.3) is 5.91 Å². The van der Waals surface area contributed by atoms with Gasteiger partial charge in [-0.05, 0) is 45.9 Å². The number of guanidine groups is 1. The molecule has 0 radical (unpaired) electrons. The minimum atomic E-state index is -4.59. The Morgan fingerprint density at radius 2 is 2.03 bits per heavy atom. The average molecular weight is 473 g/mol. The molecule has 1 heterocycles. The van der Waals surface area contributed by atoms with Crippen LogP contribution in [0.1, 0.15) is 33.3 Å². The molecule has 0 bridgehead atoms. The van der Waals surface area contributed by atoms with E-state index < -0.39 is 40.8 Å². The van der Waals surface area contributed by atoms with Crippen molar-refractivity contribution in [2.24, 2.45) is 0 Å². The number of amides is 3. The number of hydrogen-bond donors (Lipinski definition) is 3. The van der Waals surface area contributed by atoms with Crippen molar-refractivity contribution in [1.82, 2.24) is 15.5 Å². The lowest BCUT2D eigenvalue weighted by molar-refractivity contribution is -0.137. The first-order chi connectivity index (χ1) is 14.3. The molecule has 2 rings (SSSR count). The van der Waals surface area contributed by atoms with Crippen molar-refractivity contribution in [2.45, 2.75) is 45.5 Å². The lowest BCUT2D eigenvalue weighted by atomic mass is 10.1. The zero-order chi connectivity index (χ0) is 23.6. The van der Waals surface area contributed by atoms with Crippen LogP contribution in [-0.4, -0.2) is 40.9 Å². The SMILES string of the molecule is CC(C)N(C(=O)/C(C#N)=C/NC(=N)N1CC(C)(C)NC1=O)c1cccc(C(F)(F)F)c1.Cl. The Bertz CT molecular complexity index is 969. The second-order valence-electron chi connectivity index (χ2n) is 7.88. The van der Waals surface area contributed by atoms with Crippen molar-refractivity contribution >= 4 is 36.0 Å². The molecule has 0 atom stereocenters. The summed E-state index contributed by atoms with van der Waals surface area (Å²) in [6, 6.07) is 4.87. The number of nitrogens with zero attached hydrogens (tertiary/aromatic N) is 3. The molecule has 3 amide bonds. The smallest absolute Gasteiger partial charge is 0.331 e. The Morgan fingerprint density at radius 1 is 1.41 bits per heavy atom. The minimum absolute atomic E-state index is 0. The predicted octanol–water partition coefficient (Wildman–Crippen LogP) is 3.60. The van der Waals surface area contributed by atoms with E-state index in [1.807, 2.05) is 0 Å². The molecule has 0 aliphatic carbocycles. The van der Waals surface area contributed by atoms with Gasteiger partial charge in [-0.3, -0.25) is 15.1 Å². The fraction of sp³-hybridized carbons (Fsp3) is 0.400. The standard InChI is InChI=1S/C20H23F3N6O2.ClH/c1-12(2)29(15-7-5-6-14(8-15)20(21,22)23)16(30)13(9-24)10-26-17(25)28-11-19(3,4)27-18(28)31;/h5-8,10,12H,11H2,1-4H3,(H2,25,26)(H,27,31);1H/b13-10+;. The Hall–Kier alpha value is -3.26. The normalized spacial score (nSPS) is 15.5. The summed E-state index contributed by atoms with van der Waals surface area (Å²) >= 11 is 0. The number of anilines is 1. The molecule has 3 N–H and O–H groups in total. The third kappa shape index (κ3) is 6.13. The van der Waals surface area contributed by atoms with Crippen molar-refractivity contribution < 1.29 is 22.8 Å². The molecule has 1 aliphatic heterocycles. The number of alkyl halides is 3. The zero-order valence-corrected chi connectivity index (χ0v) is 18.7. The van der Waals surface area contributed by atoms with E-state index in [1.165, 1.54) is 12.1 Å². The van der Waals surface area contributed by atoms with Gasteiger partial charge in [-0.1, -0.05) is 6.07 Å². The van der Waals surface area contributed by atoms with Crippen LogP contribution in [0.15, 0.2) is 36.0 Å². The molecule has 0 saturated carbocycles. The number of carbonyl (C=O) groups excluding carboxylic acids is 2. The maximum Gasteiger partial charge on any atom is 0.416 e. The maximum atomic E-state index is 13.1. The Balaban J connectivity index is 0.00000512. The molecule has 174 valence electrons. The highest BCUT2D eigenvalue weighted by Crippen LogP contribution is 2.32. The maximum absolute atomic E-state index is 13.1. The third-order valence-electron chi connectivity index (χ3n) is 4.40. The van der Waals surface area contributed by atoms with Gasteiger partial charge in [0, 0.05) is 17.9 Å². The molecule has 1 fully saturated rings. The van der Waals surface area contributed by atoms with Crippen molar-refractivity contribution in [3.63, 3.8) is 0 Å². The summed E-state index contributed by atoms with van der Waals surface area (Å²) < 4.78 is 39.2. The summed E-state index contributed by atoms with van der Waals surface area (Å²) in [6.45, 7) is 6.93. The van der Waals surface area contributed by atoms with Gasteiger partial charge in [-0.15, -0.1) is 12.4 Å². The number of nitrogens with one attached hydrogen (secondary N) is 3. The van der Waals surface area contributed by atoms with Gasteiger partial charge in [0.15, 0.2) is 0 Å². The Morgan fingerprint density at radius 3 is 2.50 bits per heavy atom. The van der Waals surface area contributed by atoms with Gasteiger partial charge in [-0.2, -0.15) is 18.4 Å². The zero-order valence-electron chi connectivity index (χ0n) is 17.9. The number of benzene rings is 1. The Kier molecular flexibility index (Phi) is 8.29. The number of rotatable bonds is 4. The summed E-state index contributed by atoms with van der Waals surface area (Å²) in [4.78, 5) is 27.0. The van der Waals surface area contributed by atoms with Crippen LogP contribution in [-0.2, 0) is 11.0 Å². The monoisotopic (exact) mass is 472 g/mol. The first-order valence-electron chi connectivity index (χ1n) is 9.32. The molecule has 0 aromatic heterocycles. The van der Waals surface area contributed by atoms with Crippen LogP contribution in [0.5, 0.6) is 0 Å². The van der Waals surface area contributed by atoms with E-state index in [2.05, 4.69) is 10.6 Å². The van der Waals surface area contributed by atoms with Crippen molar-refractivity contribution in [3.05, 3.63) is 41.6 Å². The van der Waals surface area contributed by atoms with Crippen LogP contribution in [0.4, 0.5) is 23.7 Å². The quantitative estimate of drug-likeness (QED) is 0.269. The van der Waals surface area contributed by atoms with E-state index in [-0.39, 0.29) is 30.6 Å². The molecule has 12 heteroatoms. The van der Waals surface area contributed by atoms with E-state index in [1.54, 1.807) is 33.8 Å². The topological polar surface area (TPSA) is 112 Å². The molecule has 0 spiro atoms. The summed E-state index contributed by atoms with van der Waals surface area (Å²) in [5.41, 5.74) is -1.93. The number of urea groups is 1. The van der Waals surface area contributed by atoms with Crippen molar-refractivity contribution in [2.75, 3.05) is 11.4 Å². The van der Waals surface area contributed by atoms with Crippen molar-refractivity contribution in [1.29, 1.82) is 10.7 Å². The molecular formula is C20H24ClF3N6O2. The van der Waals surface area contributed by atoms with E-state index in [9.17, 15) is 28.0 Å². The molecule has 0 unspecified atom stereocenters. The first kappa shape index (κ1) is 26.8. The number of carbonyl (C=O) groups is 2. The second kappa shape index (κ2) is 9.91. The van der Waals surface area contributed by atoms with Gasteiger partial charge in [0.1, 0.15) is 11.6 Å². The summed E-state index contributed by atoms with van der Waals surface area (Å²) in [6.07, 6.45) is -3.62. The van der Waals surface area contributed by atoms with Gasteiger partial charge in [-0.25, -0.2) is 4.79 Å². The minimum Gasteiger partial charge on any atom is -0.331 e. The first-order valence-corrected chi connectivity index (χ1v) is 9.32. The third-order valence-corrected chi connectivity index (χ3v) is 4.40. The summed E-state index contributed by atoms with van der Waals surface area (Å²) in [5, 5.41) is 22.5. The van der Waals surface area contributed by atoms with Crippen LogP contribution in [0.25, 0.3) is 0 Å². The highest BCUT2D eigenvalue weighted by Gasteiger charge is 2.37. The van der Waals surface area contributed by atoms with Crippen LogP contribution in [0.2, 0.25) is 0 Å². The number of nitriles is 1. The predicted molar refractivity (Wildman–Crippen MR) is 115 cm³/mol. The summed E-state index contributed by atoms with van der Waals surface area (Å²) in [5.74, 6) is -1.19. The van der Waals surface area contributed by atoms with Crippen LogP contribution in [0, 0.1) is 16.7 Å². The second-order valence-corrected chi connectivity index (χ2v) is 7.88. The van der Waals surface area contributed by atoms with Crippen LogP contribution in [0.3, 0.4) is 0 Å². The van der Waals surface area contributed by atoms with E-state index in [0.717, 1.165) is 28.1 Å². The van der Waals surface area contributed by atoms with E-state index >= 15 is 0 Å². The van der Waals surface area contributed by atoms with Gasteiger partial charge in [0.05, 0.1) is 17.6 Å². The molecule has 1 saturated heterocycles. The highest BCUT2D eigenvalue weighted by atomic mass is 35.5. The largest absolute Gasteiger partial charge is 0.416 e. The molecule has 1 aliphatic rings. The van der Waals surface area contributed by atoms with E-state index in [4.69, 9.17) is 5.41 Å². The molecule has 1 aromatic rings. The fourth-order valence-electron chi connectivity index (χ4n) is 3.02. The van der Waals surface area contributed by atoms with E-state index in [0.29, 0.717) is 0 Å². The van der Waals surface area contributed by atoms with Gasteiger partial charge in [0.2, 0.25) is 5.96 Å². The molecule has 1 aromatic carbocycles. The fourth-order valence-corrected chi connectivity index (χ4v) is 3.02. The molecule has 8 nitrogen and oxygen atoms in total. The summed E-state index contributed by atoms with van der Waals surface area (Å²) in [7, 11) is 0. The number of halogens is 4. The average Bonchev–Trinajstić information content (AvgIpc) is 2.94. The van der Waals surface area contributed by atoms with Gasteiger partial charge >= 0.3 is 12.2 Å². The lowest BCUT2D eigenvalue weighted by Crippen LogP contribution is -2.42. The van der Waals surface area contributed by atoms with Crippen LogP contribution < -0.4 is 15.5 Å².